The van der Waals surface area contributed by atoms with Gasteiger partial charge in [0.2, 0.25) is 0 Å². The average molecular weight is 240 g/mol. The molecule has 94 valence electrons. The molecule has 0 aliphatic carbocycles. The van der Waals surface area contributed by atoms with Gasteiger partial charge in [-0.1, -0.05) is 0 Å². The molecule has 6 N–H and O–H groups in total. The summed E-state index contributed by atoms with van der Waals surface area (Å²) in [6, 6.07) is -0.619. The van der Waals surface area contributed by atoms with E-state index >= 15 is 0 Å². The van der Waals surface area contributed by atoms with Gasteiger partial charge in [-0.15, -0.1) is 0 Å². The molecule has 0 aromatic carbocycles. The van der Waals surface area contributed by atoms with Crippen LogP contribution in [0.3, 0.4) is 0 Å². The normalized spacial score (nSPS) is 9.94. The summed E-state index contributed by atoms with van der Waals surface area (Å²) in [7, 11) is 0. The number of nitrogens with zero attached hydrogens (tertiary/aromatic N) is 2. The number of nitrogens with two attached hydrogens (primary N) is 2. The molecule has 0 atom stereocenters. The molecule has 0 saturated carbocycles. The van der Waals surface area contributed by atoms with Crippen LogP contribution in [0.15, 0.2) is 12.5 Å². The predicted molar refractivity (Wildman–Crippen MR) is 61.2 cm³/mol. The van der Waals surface area contributed by atoms with E-state index in [4.69, 9.17) is 11.5 Å². The number of rotatable bonds is 6. The minimum atomic E-state index is -0.619. The van der Waals surface area contributed by atoms with E-state index in [9.17, 15) is 9.59 Å². The molecule has 0 aliphatic heterocycles. The molecular formula is C9H16N6O2. The van der Waals surface area contributed by atoms with Crippen LogP contribution in [-0.2, 0) is 6.54 Å². The second-order valence-electron chi connectivity index (χ2n) is 3.33. The van der Waals surface area contributed by atoms with Crippen LogP contribution >= 0.6 is 0 Å². The third-order valence-electron chi connectivity index (χ3n) is 1.96. The summed E-state index contributed by atoms with van der Waals surface area (Å²) in [6.45, 7) is 1.68. The smallest absolute Gasteiger partial charge is 0.312 e. The average Bonchev–Trinajstić information content (AvgIpc) is 2.73. The summed E-state index contributed by atoms with van der Waals surface area (Å²) in [5, 5.41) is 4.95. The monoisotopic (exact) mass is 240 g/mol. The minimum absolute atomic E-state index is 0.282. The Balaban J connectivity index is 2.33. The Bertz CT molecular complexity index is 389. The molecule has 8 nitrogen and oxygen atoms in total. The molecule has 1 aromatic rings. The van der Waals surface area contributed by atoms with Gasteiger partial charge in [0.15, 0.2) is 0 Å². The highest BCUT2D eigenvalue weighted by Gasteiger charge is 2.08. The fourth-order valence-electron chi connectivity index (χ4n) is 1.20. The second kappa shape index (κ2) is 6.48. The lowest BCUT2D eigenvalue weighted by Crippen LogP contribution is -2.37. The van der Waals surface area contributed by atoms with Crippen molar-refractivity contribution in [3.63, 3.8) is 0 Å². The van der Waals surface area contributed by atoms with E-state index < -0.39 is 6.03 Å². The van der Waals surface area contributed by atoms with Gasteiger partial charge in [0.1, 0.15) is 5.69 Å². The highest BCUT2D eigenvalue weighted by Crippen LogP contribution is 1.95. The number of carbonyl (C=O) groups is 2. The van der Waals surface area contributed by atoms with Crippen LogP contribution < -0.4 is 22.1 Å². The van der Waals surface area contributed by atoms with Crippen molar-refractivity contribution >= 4 is 11.9 Å². The predicted octanol–water partition coefficient (Wildman–Crippen LogP) is -1.76. The van der Waals surface area contributed by atoms with Crippen molar-refractivity contribution in [2.45, 2.75) is 6.54 Å². The minimum Gasteiger partial charge on any atom is -0.352 e. The number of imidazole rings is 1. The summed E-state index contributed by atoms with van der Waals surface area (Å²) >= 11 is 0. The summed E-state index contributed by atoms with van der Waals surface area (Å²) in [4.78, 5) is 25.8. The van der Waals surface area contributed by atoms with Gasteiger partial charge in [-0.25, -0.2) is 9.78 Å². The maximum absolute atomic E-state index is 11.5. The van der Waals surface area contributed by atoms with Crippen molar-refractivity contribution in [2.24, 2.45) is 11.5 Å². The number of primary amides is 1. The first-order valence-electron chi connectivity index (χ1n) is 5.17. The van der Waals surface area contributed by atoms with Gasteiger partial charge in [-0.3, -0.25) is 4.79 Å². The number of nitrogens with one attached hydrogen (secondary N) is 2. The lowest BCUT2D eigenvalue weighted by molar-refractivity contribution is 0.0949. The van der Waals surface area contributed by atoms with Crippen LogP contribution in [0.5, 0.6) is 0 Å². The number of hydrogen-bond acceptors (Lipinski definition) is 4. The van der Waals surface area contributed by atoms with E-state index in [1.54, 1.807) is 17.1 Å². The first-order valence-corrected chi connectivity index (χ1v) is 5.17. The molecular weight excluding hydrogens is 224 g/mol. The van der Waals surface area contributed by atoms with Crippen LogP contribution in [0.25, 0.3) is 0 Å². The summed E-state index contributed by atoms with van der Waals surface area (Å²) in [5.41, 5.74) is 10.6. The topological polar surface area (TPSA) is 128 Å². The SMILES string of the molecule is NCCn1cnc(C(=O)NCCNC(N)=O)c1. The Morgan fingerprint density at radius 3 is 2.71 bits per heavy atom. The highest BCUT2D eigenvalue weighted by molar-refractivity contribution is 5.92. The Morgan fingerprint density at radius 1 is 1.35 bits per heavy atom. The summed E-state index contributed by atoms with van der Waals surface area (Å²) in [6.07, 6.45) is 3.16. The zero-order chi connectivity index (χ0) is 12.7. The number of urea groups is 1. The van der Waals surface area contributed by atoms with Gasteiger partial charge in [0.05, 0.1) is 6.33 Å². The Morgan fingerprint density at radius 2 is 2.06 bits per heavy atom. The molecule has 3 amide bonds. The maximum atomic E-state index is 11.5. The third-order valence-corrected chi connectivity index (χ3v) is 1.96. The van der Waals surface area contributed by atoms with Gasteiger partial charge in [-0.2, -0.15) is 0 Å². The van der Waals surface area contributed by atoms with Crippen molar-refractivity contribution in [2.75, 3.05) is 19.6 Å². The van der Waals surface area contributed by atoms with E-state index in [0.29, 0.717) is 25.3 Å². The molecule has 17 heavy (non-hydrogen) atoms. The fraction of sp³-hybridized carbons (Fsp3) is 0.444. The van der Waals surface area contributed by atoms with Crippen LogP contribution in [0.1, 0.15) is 10.5 Å². The van der Waals surface area contributed by atoms with Crippen molar-refractivity contribution in [3.8, 4) is 0 Å². The quantitative estimate of drug-likeness (QED) is 0.439. The van der Waals surface area contributed by atoms with E-state index in [2.05, 4.69) is 15.6 Å². The van der Waals surface area contributed by atoms with E-state index in [1.807, 2.05) is 0 Å². The Labute approximate surface area is 98.4 Å². The van der Waals surface area contributed by atoms with Crippen LogP contribution in [-0.4, -0.2) is 41.1 Å². The van der Waals surface area contributed by atoms with E-state index in [-0.39, 0.29) is 12.5 Å². The summed E-state index contributed by atoms with van der Waals surface area (Å²) < 4.78 is 1.73. The largest absolute Gasteiger partial charge is 0.352 e. The molecule has 0 unspecified atom stereocenters. The molecule has 0 spiro atoms. The second-order valence-corrected chi connectivity index (χ2v) is 3.33. The third kappa shape index (κ3) is 4.51. The van der Waals surface area contributed by atoms with Crippen molar-refractivity contribution in [1.82, 2.24) is 20.2 Å². The highest BCUT2D eigenvalue weighted by atomic mass is 16.2. The number of hydrogen-bond donors (Lipinski definition) is 4. The van der Waals surface area contributed by atoms with Crippen LogP contribution in [0, 0.1) is 0 Å². The van der Waals surface area contributed by atoms with Crippen molar-refractivity contribution < 1.29 is 9.59 Å². The van der Waals surface area contributed by atoms with Crippen molar-refractivity contribution in [1.29, 1.82) is 0 Å². The summed E-state index contributed by atoms with van der Waals surface area (Å²) in [5.74, 6) is -0.299. The zero-order valence-electron chi connectivity index (χ0n) is 9.35. The zero-order valence-corrected chi connectivity index (χ0v) is 9.35. The number of carbonyl (C=O) groups excluding carboxylic acids is 2. The maximum Gasteiger partial charge on any atom is 0.312 e. The molecule has 0 saturated heterocycles. The fourth-order valence-corrected chi connectivity index (χ4v) is 1.20. The number of amides is 3. The first kappa shape index (κ1) is 13.0. The van der Waals surface area contributed by atoms with Gasteiger partial charge < -0.3 is 26.7 Å². The van der Waals surface area contributed by atoms with Gasteiger partial charge in [0, 0.05) is 32.4 Å². The molecule has 0 aliphatic rings. The Hall–Kier alpha value is -2.09. The molecule has 1 aromatic heterocycles. The number of aromatic nitrogens is 2. The lowest BCUT2D eigenvalue weighted by atomic mass is 10.4. The van der Waals surface area contributed by atoms with Gasteiger partial charge in [-0.05, 0) is 0 Å². The molecule has 0 bridgehead atoms. The van der Waals surface area contributed by atoms with Crippen molar-refractivity contribution in [3.05, 3.63) is 18.2 Å². The van der Waals surface area contributed by atoms with Crippen LogP contribution in [0.4, 0.5) is 4.79 Å². The van der Waals surface area contributed by atoms with Crippen LogP contribution in [0.2, 0.25) is 0 Å². The molecule has 1 rings (SSSR count). The van der Waals surface area contributed by atoms with Gasteiger partial charge >= 0.3 is 6.03 Å². The lowest BCUT2D eigenvalue weighted by Gasteiger charge is -2.03. The van der Waals surface area contributed by atoms with E-state index in [0.717, 1.165) is 0 Å². The molecule has 0 fully saturated rings. The van der Waals surface area contributed by atoms with Gasteiger partial charge in [0.25, 0.3) is 5.91 Å². The molecule has 8 heteroatoms. The Kier molecular flexibility index (Phi) is 4.95. The molecule has 1 heterocycles. The molecule has 0 radical (unpaired) electrons. The first-order chi connectivity index (χ1) is 8.13. The standard InChI is InChI=1S/C9H16N6O2/c10-1-4-15-5-7(14-6-15)8(16)12-2-3-13-9(11)17/h5-6H,1-4,10H2,(H,12,16)(H3,11,13,17). The van der Waals surface area contributed by atoms with E-state index in [1.165, 1.54) is 0 Å².